The van der Waals surface area contributed by atoms with Crippen LogP contribution in [0.4, 0.5) is 17.1 Å². The monoisotopic (exact) mass is 366 g/mol. The summed E-state index contributed by atoms with van der Waals surface area (Å²) in [6.07, 6.45) is 0.974. The lowest BCUT2D eigenvalue weighted by Gasteiger charge is -2.23. The number of carbonyl (C=O) groups is 2. The van der Waals surface area contributed by atoms with Gasteiger partial charge in [-0.1, -0.05) is 44.2 Å². The molecule has 2 amide bonds. The van der Waals surface area contributed by atoms with Gasteiger partial charge in [0.1, 0.15) is 0 Å². The fourth-order valence-corrected chi connectivity index (χ4v) is 3.19. The van der Waals surface area contributed by atoms with E-state index < -0.39 is 6.04 Å². The number of hydrogen-bond donors (Lipinski definition) is 3. The summed E-state index contributed by atoms with van der Waals surface area (Å²) in [5, 5.41) is 5.50. The molecule has 27 heavy (non-hydrogen) atoms. The quantitative estimate of drug-likeness (QED) is 0.733. The molecule has 0 spiro atoms. The minimum Gasteiger partial charge on any atom is -0.346 e. The molecule has 0 radical (unpaired) electrons. The third kappa shape index (κ3) is 4.28. The maximum Gasteiger partial charge on any atom is 0.243 e. The Morgan fingerprint density at radius 2 is 1.74 bits per heavy atom. The van der Waals surface area contributed by atoms with Gasteiger partial charge in [-0.2, -0.15) is 0 Å². The lowest BCUT2D eigenvalue weighted by molar-refractivity contribution is -0.125. The first-order valence-electron chi connectivity index (χ1n) is 9.25. The Morgan fingerprint density at radius 1 is 1.07 bits per heavy atom. The molecule has 3 rings (SSSR count). The largest absolute Gasteiger partial charge is 0.346 e. The SMILES string of the molecule is CC(C)[C@H](N)C(=O)NCC(=O)Nc1ccccc1N1CCc2ccccc21. The van der Waals surface area contributed by atoms with Crippen molar-refractivity contribution in [2.75, 3.05) is 23.3 Å². The molecule has 0 unspecified atom stereocenters. The van der Waals surface area contributed by atoms with E-state index in [0.717, 1.165) is 30.0 Å². The third-order valence-electron chi connectivity index (χ3n) is 4.80. The van der Waals surface area contributed by atoms with E-state index in [9.17, 15) is 9.59 Å². The first-order valence-corrected chi connectivity index (χ1v) is 9.25. The van der Waals surface area contributed by atoms with E-state index in [4.69, 9.17) is 5.73 Å². The predicted octanol–water partition coefficient (Wildman–Crippen LogP) is 2.42. The van der Waals surface area contributed by atoms with Crippen LogP contribution in [0.5, 0.6) is 0 Å². The summed E-state index contributed by atoms with van der Waals surface area (Å²) in [4.78, 5) is 26.5. The van der Waals surface area contributed by atoms with Crippen molar-refractivity contribution in [3.63, 3.8) is 0 Å². The lowest BCUT2D eigenvalue weighted by Crippen LogP contribution is -2.46. The van der Waals surface area contributed by atoms with Crippen LogP contribution in [-0.2, 0) is 16.0 Å². The highest BCUT2D eigenvalue weighted by molar-refractivity contribution is 5.98. The maximum atomic E-state index is 12.3. The van der Waals surface area contributed by atoms with Gasteiger partial charge in [0.25, 0.3) is 0 Å². The molecule has 0 aromatic heterocycles. The van der Waals surface area contributed by atoms with Crippen LogP contribution in [-0.4, -0.2) is 30.9 Å². The van der Waals surface area contributed by atoms with Gasteiger partial charge in [0.2, 0.25) is 11.8 Å². The Hall–Kier alpha value is -2.86. The van der Waals surface area contributed by atoms with Crippen LogP contribution >= 0.6 is 0 Å². The normalized spacial score (nSPS) is 14.0. The third-order valence-corrected chi connectivity index (χ3v) is 4.80. The molecule has 6 nitrogen and oxygen atoms in total. The first kappa shape index (κ1) is 18.9. The van der Waals surface area contributed by atoms with Crippen LogP contribution in [0.2, 0.25) is 0 Å². The molecule has 6 heteroatoms. The number of amides is 2. The smallest absolute Gasteiger partial charge is 0.243 e. The topological polar surface area (TPSA) is 87.5 Å². The fourth-order valence-electron chi connectivity index (χ4n) is 3.19. The van der Waals surface area contributed by atoms with Crippen molar-refractivity contribution in [1.29, 1.82) is 0 Å². The average molecular weight is 366 g/mol. The molecule has 0 saturated heterocycles. The van der Waals surface area contributed by atoms with Gasteiger partial charge in [0.05, 0.1) is 24.0 Å². The Bertz CT molecular complexity index is 834. The van der Waals surface area contributed by atoms with E-state index in [2.05, 4.69) is 27.7 Å². The maximum absolute atomic E-state index is 12.3. The van der Waals surface area contributed by atoms with Crippen molar-refractivity contribution in [3.05, 3.63) is 54.1 Å². The number of nitrogens with two attached hydrogens (primary N) is 1. The van der Waals surface area contributed by atoms with Crippen LogP contribution in [0, 0.1) is 5.92 Å². The minimum atomic E-state index is -0.619. The molecule has 0 aliphatic carbocycles. The zero-order valence-corrected chi connectivity index (χ0v) is 15.7. The second-order valence-electron chi connectivity index (χ2n) is 7.08. The van der Waals surface area contributed by atoms with E-state index >= 15 is 0 Å². The lowest BCUT2D eigenvalue weighted by atomic mass is 10.1. The number of carbonyl (C=O) groups excluding carboxylic acids is 2. The highest BCUT2D eigenvalue weighted by atomic mass is 16.2. The van der Waals surface area contributed by atoms with Crippen molar-refractivity contribution in [1.82, 2.24) is 5.32 Å². The summed E-state index contributed by atoms with van der Waals surface area (Å²) in [5.41, 5.74) is 9.93. The molecule has 4 N–H and O–H groups in total. The summed E-state index contributed by atoms with van der Waals surface area (Å²) < 4.78 is 0. The number of hydrogen-bond acceptors (Lipinski definition) is 4. The van der Waals surface area contributed by atoms with E-state index in [1.54, 1.807) is 0 Å². The number of fused-ring (bicyclic) bond motifs is 1. The van der Waals surface area contributed by atoms with Crippen molar-refractivity contribution < 1.29 is 9.59 Å². The number of benzene rings is 2. The molecule has 0 fully saturated rings. The van der Waals surface area contributed by atoms with Gasteiger partial charge in [-0.25, -0.2) is 0 Å². The number of rotatable bonds is 6. The fraction of sp³-hybridized carbons (Fsp3) is 0.333. The molecular weight excluding hydrogens is 340 g/mol. The second kappa shape index (κ2) is 8.22. The molecule has 1 atom stereocenters. The van der Waals surface area contributed by atoms with Gasteiger partial charge in [-0.3, -0.25) is 9.59 Å². The number of anilines is 3. The van der Waals surface area contributed by atoms with Crippen LogP contribution in [0.3, 0.4) is 0 Å². The van der Waals surface area contributed by atoms with E-state index in [1.165, 1.54) is 5.56 Å². The summed E-state index contributed by atoms with van der Waals surface area (Å²) >= 11 is 0. The first-order chi connectivity index (χ1) is 13.0. The number of nitrogens with zero attached hydrogens (tertiary/aromatic N) is 1. The minimum absolute atomic E-state index is 0.0176. The van der Waals surface area contributed by atoms with Gasteiger partial charge in [0, 0.05) is 12.2 Å². The van der Waals surface area contributed by atoms with Crippen LogP contribution in [0.1, 0.15) is 19.4 Å². The molecule has 1 aliphatic heterocycles. The van der Waals surface area contributed by atoms with Gasteiger partial charge in [0.15, 0.2) is 0 Å². The van der Waals surface area contributed by atoms with Gasteiger partial charge in [-0.05, 0) is 36.1 Å². The van der Waals surface area contributed by atoms with Crippen LogP contribution in [0.25, 0.3) is 0 Å². The molecule has 1 heterocycles. The molecule has 2 aromatic rings. The molecule has 0 saturated carbocycles. The van der Waals surface area contributed by atoms with Crippen molar-refractivity contribution in [2.24, 2.45) is 11.7 Å². The van der Waals surface area contributed by atoms with Crippen molar-refractivity contribution in [3.8, 4) is 0 Å². The van der Waals surface area contributed by atoms with E-state index in [-0.39, 0.29) is 24.3 Å². The average Bonchev–Trinajstić information content (AvgIpc) is 3.10. The van der Waals surface area contributed by atoms with Crippen LogP contribution < -0.4 is 21.3 Å². The van der Waals surface area contributed by atoms with Gasteiger partial charge < -0.3 is 21.3 Å². The van der Waals surface area contributed by atoms with E-state index in [0.29, 0.717) is 0 Å². The van der Waals surface area contributed by atoms with Gasteiger partial charge >= 0.3 is 0 Å². The second-order valence-corrected chi connectivity index (χ2v) is 7.08. The van der Waals surface area contributed by atoms with Gasteiger partial charge in [-0.15, -0.1) is 0 Å². The zero-order chi connectivity index (χ0) is 19.4. The standard InChI is InChI=1S/C21H26N4O2/c1-14(2)20(22)21(27)23-13-19(26)24-16-8-4-6-10-18(16)25-12-11-15-7-3-5-9-17(15)25/h3-10,14,20H,11-13,22H2,1-2H3,(H,23,27)(H,24,26)/t20-/m0/s1. The molecule has 0 bridgehead atoms. The summed E-state index contributed by atoms with van der Waals surface area (Å²) in [7, 11) is 0. The number of para-hydroxylation sites is 3. The molecule has 1 aliphatic rings. The molecular formula is C21H26N4O2. The summed E-state index contributed by atoms with van der Waals surface area (Å²) in [6, 6.07) is 15.4. The Balaban J connectivity index is 1.69. The highest BCUT2D eigenvalue weighted by Gasteiger charge is 2.22. The molecule has 2 aromatic carbocycles. The predicted molar refractivity (Wildman–Crippen MR) is 108 cm³/mol. The Morgan fingerprint density at radius 3 is 2.48 bits per heavy atom. The Labute approximate surface area is 159 Å². The Kier molecular flexibility index (Phi) is 5.76. The zero-order valence-electron chi connectivity index (χ0n) is 15.7. The number of nitrogens with one attached hydrogen (secondary N) is 2. The summed E-state index contributed by atoms with van der Waals surface area (Å²) in [6.45, 7) is 4.50. The van der Waals surface area contributed by atoms with Crippen LogP contribution in [0.15, 0.2) is 48.5 Å². The van der Waals surface area contributed by atoms with Crippen molar-refractivity contribution >= 4 is 28.9 Å². The van der Waals surface area contributed by atoms with Crippen molar-refractivity contribution in [2.45, 2.75) is 26.3 Å². The highest BCUT2D eigenvalue weighted by Crippen LogP contribution is 2.37. The molecule has 142 valence electrons. The summed E-state index contributed by atoms with van der Waals surface area (Å²) in [5.74, 6) is -0.579. The van der Waals surface area contributed by atoms with E-state index in [1.807, 2.05) is 50.2 Å².